The summed E-state index contributed by atoms with van der Waals surface area (Å²) in [4.78, 5) is 15.0. The third-order valence-corrected chi connectivity index (χ3v) is 4.47. The van der Waals surface area contributed by atoms with Crippen LogP contribution in [0.4, 0.5) is 17.1 Å². The van der Waals surface area contributed by atoms with Crippen molar-refractivity contribution in [2.75, 3.05) is 36.0 Å². The lowest BCUT2D eigenvalue weighted by atomic mass is 10.2. The van der Waals surface area contributed by atoms with Gasteiger partial charge in [-0.3, -0.25) is 10.1 Å². The summed E-state index contributed by atoms with van der Waals surface area (Å²) in [6, 6.07) is 12.4. The zero-order chi connectivity index (χ0) is 16.4. The van der Waals surface area contributed by atoms with Gasteiger partial charge in [0.1, 0.15) is 11.4 Å². The van der Waals surface area contributed by atoms with Gasteiger partial charge in [-0.1, -0.05) is 28.1 Å². The van der Waals surface area contributed by atoms with Crippen LogP contribution < -0.4 is 9.80 Å². The Labute approximate surface area is 142 Å². The number of anilines is 2. The van der Waals surface area contributed by atoms with Gasteiger partial charge in [0.05, 0.1) is 10.6 Å². The molecule has 6 nitrogen and oxygen atoms in total. The fraction of sp³-hybridized carbons (Fsp3) is 0.250. The largest absolute Gasteiger partial charge is 0.506 e. The van der Waals surface area contributed by atoms with E-state index in [-0.39, 0.29) is 16.4 Å². The Hall–Kier alpha value is -2.28. The van der Waals surface area contributed by atoms with E-state index < -0.39 is 0 Å². The summed E-state index contributed by atoms with van der Waals surface area (Å²) >= 11 is 3.28. The van der Waals surface area contributed by atoms with E-state index in [0.29, 0.717) is 36.3 Å². The van der Waals surface area contributed by atoms with E-state index >= 15 is 0 Å². The summed E-state index contributed by atoms with van der Waals surface area (Å²) in [5, 5.41) is 21.2. The average molecular weight is 378 g/mol. The molecule has 2 aromatic rings. The Bertz CT molecular complexity index is 730. The van der Waals surface area contributed by atoms with E-state index in [1.54, 1.807) is 18.2 Å². The summed E-state index contributed by atoms with van der Waals surface area (Å²) in [7, 11) is 0. The lowest BCUT2D eigenvalue weighted by Crippen LogP contribution is -2.46. The maximum atomic E-state index is 11.3. The quantitative estimate of drug-likeness (QED) is 0.655. The fourth-order valence-electron chi connectivity index (χ4n) is 2.83. The molecule has 0 saturated carbocycles. The number of benzene rings is 2. The number of para-hydroxylation sites is 2. The number of nitrogens with zero attached hydrogens (tertiary/aromatic N) is 3. The van der Waals surface area contributed by atoms with E-state index in [1.807, 2.05) is 23.1 Å². The zero-order valence-electron chi connectivity index (χ0n) is 12.4. The Morgan fingerprint density at radius 1 is 1.00 bits per heavy atom. The standard InChI is InChI=1S/C16H16BrN3O3/c17-12-5-6-13(15(11-12)20(22)23)18-7-9-19(10-8-18)14-3-1-2-4-16(14)21/h1-6,11,21H,7-10H2. The van der Waals surface area contributed by atoms with Crippen molar-refractivity contribution in [2.24, 2.45) is 0 Å². The van der Waals surface area contributed by atoms with Gasteiger partial charge in [0.2, 0.25) is 0 Å². The maximum absolute atomic E-state index is 11.3. The first-order valence-corrected chi connectivity index (χ1v) is 8.07. The van der Waals surface area contributed by atoms with Crippen molar-refractivity contribution in [3.63, 3.8) is 0 Å². The average Bonchev–Trinajstić information content (AvgIpc) is 2.55. The molecule has 1 aliphatic rings. The van der Waals surface area contributed by atoms with Crippen molar-refractivity contribution in [1.29, 1.82) is 0 Å². The van der Waals surface area contributed by atoms with Gasteiger partial charge in [0, 0.05) is 36.7 Å². The molecule has 0 bridgehead atoms. The molecule has 23 heavy (non-hydrogen) atoms. The van der Waals surface area contributed by atoms with Crippen LogP contribution in [0.3, 0.4) is 0 Å². The third-order valence-electron chi connectivity index (χ3n) is 3.98. The summed E-state index contributed by atoms with van der Waals surface area (Å²) in [5.74, 6) is 0.260. The summed E-state index contributed by atoms with van der Waals surface area (Å²) in [5.41, 5.74) is 1.54. The number of nitro groups is 1. The SMILES string of the molecule is O=[N+]([O-])c1cc(Br)ccc1N1CCN(c2ccccc2O)CC1. The lowest BCUT2D eigenvalue weighted by molar-refractivity contribution is -0.384. The van der Waals surface area contributed by atoms with Gasteiger partial charge in [-0.2, -0.15) is 0 Å². The van der Waals surface area contributed by atoms with Crippen molar-refractivity contribution in [1.82, 2.24) is 0 Å². The van der Waals surface area contributed by atoms with Crippen LogP contribution in [0, 0.1) is 10.1 Å². The molecule has 3 rings (SSSR count). The second-order valence-corrected chi connectivity index (χ2v) is 6.27. The van der Waals surface area contributed by atoms with Gasteiger partial charge < -0.3 is 14.9 Å². The molecule has 0 unspecified atom stereocenters. The molecule has 0 atom stereocenters. The fourth-order valence-corrected chi connectivity index (χ4v) is 3.18. The minimum absolute atomic E-state index is 0.107. The second kappa shape index (κ2) is 6.45. The molecule has 0 aromatic heterocycles. The van der Waals surface area contributed by atoms with Crippen molar-refractivity contribution >= 4 is 33.0 Å². The lowest BCUT2D eigenvalue weighted by Gasteiger charge is -2.37. The minimum atomic E-state index is -0.352. The number of aromatic hydroxyl groups is 1. The Kier molecular flexibility index (Phi) is 4.38. The van der Waals surface area contributed by atoms with Gasteiger partial charge in [-0.25, -0.2) is 0 Å². The van der Waals surface area contributed by atoms with E-state index in [4.69, 9.17) is 0 Å². The summed E-state index contributed by atoms with van der Waals surface area (Å²) in [6.07, 6.45) is 0. The summed E-state index contributed by atoms with van der Waals surface area (Å²) < 4.78 is 0.695. The minimum Gasteiger partial charge on any atom is -0.506 e. The van der Waals surface area contributed by atoms with Gasteiger partial charge >= 0.3 is 0 Å². The number of piperazine rings is 1. The normalized spacial score (nSPS) is 14.8. The van der Waals surface area contributed by atoms with Crippen LogP contribution in [0.25, 0.3) is 0 Å². The van der Waals surface area contributed by atoms with Crippen LogP contribution >= 0.6 is 15.9 Å². The van der Waals surface area contributed by atoms with Crippen LogP contribution in [-0.4, -0.2) is 36.2 Å². The number of rotatable bonds is 3. The van der Waals surface area contributed by atoms with Crippen LogP contribution in [-0.2, 0) is 0 Å². The third kappa shape index (κ3) is 3.24. The Morgan fingerprint density at radius 2 is 1.61 bits per heavy atom. The van der Waals surface area contributed by atoms with Gasteiger partial charge in [0.15, 0.2) is 0 Å². The topological polar surface area (TPSA) is 69.9 Å². The first kappa shape index (κ1) is 15.6. The Morgan fingerprint density at radius 3 is 2.22 bits per heavy atom. The van der Waals surface area contributed by atoms with Crippen LogP contribution in [0.5, 0.6) is 5.75 Å². The number of halogens is 1. The molecule has 1 saturated heterocycles. The van der Waals surface area contributed by atoms with Gasteiger partial charge in [-0.05, 0) is 24.3 Å². The molecular weight excluding hydrogens is 362 g/mol. The van der Waals surface area contributed by atoms with E-state index in [0.717, 1.165) is 5.69 Å². The highest BCUT2D eigenvalue weighted by molar-refractivity contribution is 9.10. The molecule has 2 aromatic carbocycles. The molecule has 0 aliphatic carbocycles. The molecule has 1 aliphatic heterocycles. The van der Waals surface area contributed by atoms with Crippen molar-refractivity contribution in [3.05, 3.63) is 57.1 Å². The molecule has 0 spiro atoms. The second-order valence-electron chi connectivity index (χ2n) is 5.35. The van der Waals surface area contributed by atoms with E-state index in [2.05, 4.69) is 20.8 Å². The number of hydrogen-bond acceptors (Lipinski definition) is 5. The highest BCUT2D eigenvalue weighted by Crippen LogP contribution is 2.33. The van der Waals surface area contributed by atoms with E-state index in [1.165, 1.54) is 6.07 Å². The van der Waals surface area contributed by atoms with Gasteiger partial charge in [0.25, 0.3) is 5.69 Å². The number of phenolic OH excluding ortho intramolecular Hbond substituents is 1. The Balaban J connectivity index is 1.77. The maximum Gasteiger partial charge on any atom is 0.293 e. The van der Waals surface area contributed by atoms with E-state index in [9.17, 15) is 15.2 Å². The monoisotopic (exact) mass is 377 g/mol. The molecule has 7 heteroatoms. The molecule has 0 radical (unpaired) electrons. The smallest absolute Gasteiger partial charge is 0.293 e. The first-order valence-electron chi connectivity index (χ1n) is 7.28. The van der Waals surface area contributed by atoms with Crippen molar-refractivity contribution in [3.8, 4) is 5.75 Å². The predicted molar refractivity (Wildman–Crippen MR) is 93.3 cm³/mol. The van der Waals surface area contributed by atoms with Crippen molar-refractivity contribution in [2.45, 2.75) is 0 Å². The van der Waals surface area contributed by atoms with Crippen LogP contribution in [0.2, 0.25) is 0 Å². The number of hydrogen-bond donors (Lipinski definition) is 1. The summed E-state index contributed by atoms with van der Waals surface area (Å²) in [6.45, 7) is 2.73. The zero-order valence-corrected chi connectivity index (χ0v) is 13.9. The van der Waals surface area contributed by atoms with Crippen LogP contribution in [0.1, 0.15) is 0 Å². The predicted octanol–water partition coefficient (Wildman–Crippen LogP) is 3.39. The molecule has 1 fully saturated rings. The highest BCUT2D eigenvalue weighted by atomic mass is 79.9. The number of nitro benzene ring substituents is 1. The molecule has 1 N–H and O–H groups in total. The van der Waals surface area contributed by atoms with Crippen molar-refractivity contribution < 1.29 is 10.0 Å². The van der Waals surface area contributed by atoms with Crippen LogP contribution in [0.15, 0.2) is 46.9 Å². The van der Waals surface area contributed by atoms with Gasteiger partial charge in [-0.15, -0.1) is 0 Å². The molecule has 120 valence electrons. The molecule has 0 amide bonds. The molecular formula is C16H16BrN3O3. The highest BCUT2D eigenvalue weighted by Gasteiger charge is 2.24. The molecule has 1 heterocycles. The number of phenols is 1. The first-order chi connectivity index (χ1) is 11.1.